The molecule has 0 bridgehead atoms. The van der Waals surface area contributed by atoms with Crippen molar-refractivity contribution >= 4 is 12.1 Å². The van der Waals surface area contributed by atoms with Crippen LogP contribution in [-0.4, -0.2) is 24.2 Å². The summed E-state index contributed by atoms with van der Waals surface area (Å²) in [6.07, 6.45) is 4.42. The number of nitrogens with zero attached hydrogens (tertiary/aromatic N) is 1. The number of piperidine rings is 1. The van der Waals surface area contributed by atoms with Gasteiger partial charge >= 0.3 is 0 Å². The second-order valence-corrected chi connectivity index (χ2v) is 4.41. The molecule has 3 heteroatoms. The Balaban J connectivity index is 2.19. The van der Waals surface area contributed by atoms with Crippen LogP contribution in [-0.2, 0) is 4.79 Å². The molecule has 3 nitrogen and oxygen atoms in total. The monoisotopic (exact) mass is 230 g/mol. The number of benzene rings is 1. The van der Waals surface area contributed by atoms with Crippen LogP contribution < -0.4 is 5.32 Å². The summed E-state index contributed by atoms with van der Waals surface area (Å²) < 4.78 is 0. The lowest BCUT2D eigenvalue weighted by molar-refractivity contribution is -0.128. The first-order chi connectivity index (χ1) is 8.27. The van der Waals surface area contributed by atoms with Crippen LogP contribution in [0.25, 0.3) is 0 Å². The Kier molecular flexibility index (Phi) is 3.57. The summed E-state index contributed by atoms with van der Waals surface area (Å²) >= 11 is 0. The maximum absolute atomic E-state index is 11.9. The van der Waals surface area contributed by atoms with Gasteiger partial charge in [0, 0.05) is 12.8 Å². The van der Waals surface area contributed by atoms with E-state index in [1.807, 2.05) is 43.5 Å². The van der Waals surface area contributed by atoms with Gasteiger partial charge in [-0.15, -0.1) is 0 Å². The van der Waals surface area contributed by atoms with Crippen molar-refractivity contribution in [3.05, 3.63) is 35.9 Å². The van der Waals surface area contributed by atoms with Crippen LogP contribution in [0.3, 0.4) is 0 Å². The minimum Gasteiger partial charge on any atom is -0.354 e. The highest BCUT2D eigenvalue weighted by molar-refractivity contribution is 5.90. The smallest absolute Gasteiger partial charge is 0.247 e. The van der Waals surface area contributed by atoms with Gasteiger partial charge in [-0.3, -0.25) is 9.79 Å². The zero-order valence-corrected chi connectivity index (χ0v) is 10.1. The topological polar surface area (TPSA) is 41.5 Å². The van der Waals surface area contributed by atoms with Gasteiger partial charge in [-0.05, 0) is 24.8 Å². The van der Waals surface area contributed by atoms with Crippen LogP contribution >= 0.6 is 0 Å². The van der Waals surface area contributed by atoms with E-state index in [9.17, 15) is 4.79 Å². The summed E-state index contributed by atoms with van der Waals surface area (Å²) in [5.41, 5.74) is 0.493. The predicted molar refractivity (Wildman–Crippen MR) is 69.3 cm³/mol. The molecule has 1 aromatic carbocycles. The second kappa shape index (κ2) is 5.13. The Labute approximate surface area is 102 Å². The fourth-order valence-corrected chi connectivity index (χ4v) is 2.15. The van der Waals surface area contributed by atoms with Crippen LogP contribution in [0.4, 0.5) is 0 Å². The minimum absolute atomic E-state index is 0.0680. The van der Waals surface area contributed by atoms with Gasteiger partial charge in [0.2, 0.25) is 5.91 Å². The normalized spacial score (nSPS) is 24.9. The van der Waals surface area contributed by atoms with E-state index >= 15 is 0 Å². The lowest BCUT2D eigenvalue weighted by atomic mass is 9.87. The minimum atomic E-state index is -0.548. The summed E-state index contributed by atoms with van der Waals surface area (Å²) in [6.45, 7) is 2.80. The van der Waals surface area contributed by atoms with Crippen LogP contribution in [0.5, 0.6) is 0 Å². The number of carbonyl (C=O) groups excluding carboxylic acids is 1. The van der Waals surface area contributed by atoms with E-state index in [0.29, 0.717) is 0 Å². The molecule has 0 unspecified atom stereocenters. The summed E-state index contributed by atoms with van der Waals surface area (Å²) in [5.74, 6) is 0.0680. The fraction of sp³-hybridized carbons (Fsp3) is 0.429. The number of hydrogen-bond donors (Lipinski definition) is 1. The summed E-state index contributed by atoms with van der Waals surface area (Å²) in [4.78, 5) is 16.5. The van der Waals surface area contributed by atoms with Crippen molar-refractivity contribution in [2.24, 2.45) is 4.99 Å². The van der Waals surface area contributed by atoms with Gasteiger partial charge in [0.25, 0.3) is 0 Å². The Morgan fingerprint density at radius 2 is 2.18 bits per heavy atom. The molecule has 1 saturated heterocycles. The summed E-state index contributed by atoms with van der Waals surface area (Å²) in [5, 5.41) is 2.91. The Morgan fingerprint density at radius 3 is 2.82 bits per heavy atom. The van der Waals surface area contributed by atoms with Gasteiger partial charge in [0.05, 0.1) is 0 Å². The maximum Gasteiger partial charge on any atom is 0.247 e. The van der Waals surface area contributed by atoms with Crippen molar-refractivity contribution in [1.29, 1.82) is 0 Å². The largest absolute Gasteiger partial charge is 0.354 e. The number of hydrogen-bond acceptors (Lipinski definition) is 2. The van der Waals surface area contributed by atoms with Crippen molar-refractivity contribution in [3.8, 4) is 0 Å². The summed E-state index contributed by atoms with van der Waals surface area (Å²) in [7, 11) is 0. The standard InChI is InChI=1S/C14H18N2O/c1-2-14(9-6-10-15-13(14)17)16-11-12-7-4-3-5-8-12/h3-5,7-8,11H,2,6,9-10H2,1H3,(H,15,17)/t14-/m0/s1. The molecule has 1 aliphatic rings. The molecule has 17 heavy (non-hydrogen) atoms. The second-order valence-electron chi connectivity index (χ2n) is 4.41. The van der Waals surface area contributed by atoms with Gasteiger partial charge < -0.3 is 5.32 Å². The fourth-order valence-electron chi connectivity index (χ4n) is 2.15. The molecular formula is C14H18N2O. The molecule has 0 aliphatic carbocycles. The van der Waals surface area contributed by atoms with E-state index in [0.717, 1.165) is 31.4 Å². The molecule has 1 amide bonds. The molecule has 1 heterocycles. The number of aliphatic imine (C=N–C) groups is 1. The Morgan fingerprint density at radius 1 is 1.41 bits per heavy atom. The van der Waals surface area contributed by atoms with Gasteiger partial charge in [-0.25, -0.2) is 0 Å². The molecule has 0 saturated carbocycles. The third-order valence-electron chi connectivity index (χ3n) is 3.32. The van der Waals surface area contributed by atoms with Crippen LogP contribution in [0.2, 0.25) is 0 Å². The lowest BCUT2D eigenvalue weighted by Crippen LogP contribution is -2.49. The van der Waals surface area contributed by atoms with E-state index in [2.05, 4.69) is 10.3 Å². The van der Waals surface area contributed by atoms with Gasteiger partial charge in [0.1, 0.15) is 5.54 Å². The number of amides is 1. The quantitative estimate of drug-likeness (QED) is 0.794. The van der Waals surface area contributed by atoms with Gasteiger partial charge in [-0.2, -0.15) is 0 Å². The molecule has 1 fully saturated rings. The van der Waals surface area contributed by atoms with E-state index in [4.69, 9.17) is 0 Å². The number of rotatable bonds is 3. The lowest BCUT2D eigenvalue weighted by Gasteiger charge is -2.31. The first kappa shape index (κ1) is 11.8. The molecule has 2 rings (SSSR count). The molecule has 0 aromatic heterocycles. The molecule has 1 aromatic rings. The van der Waals surface area contributed by atoms with Crippen molar-refractivity contribution in [2.45, 2.75) is 31.7 Å². The van der Waals surface area contributed by atoms with E-state index < -0.39 is 5.54 Å². The van der Waals surface area contributed by atoms with Crippen molar-refractivity contribution in [1.82, 2.24) is 5.32 Å². The molecule has 0 spiro atoms. The maximum atomic E-state index is 11.9. The average Bonchev–Trinajstić information content (AvgIpc) is 2.39. The highest BCUT2D eigenvalue weighted by Crippen LogP contribution is 2.25. The zero-order valence-electron chi connectivity index (χ0n) is 10.1. The molecule has 1 atom stereocenters. The van der Waals surface area contributed by atoms with E-state index in [1.165, 1.54) is 0 Å². The third kappa shape index (κ3) is 2.54. The van der Waals surface area contributed by atoms with Gasteiger partial charge in [-0.1, -0.05) is 37.3 Å². The molecule has 90 valence electrons. The first-order valence-electron chi connectivity index (χ1n) is 6.15. The van der Waals surface area contributed by atoms with Crippen molar-refractivity contribution in [3.63, 3.8) is 0 Å². The average molecular weight is 230 g/mol. The molecule has 0 radical (unpaired) electrons. The molecule has 1 aliphatic heterocycles. The van der Waals surface area contributed by atoms with Crippen molar-refractivity contribution < 1.29 is 4.79 Å². The SMILES string of the molecule is CC[C@]1(N=Cc2ccccc2)CCCNC1=O. The highest BCUT2D eigenvalue weighted by Gasteiger charge is 2.37. The molecular weight excluding hydrogens is 212 g/mol. The number of nitrogens with one attached hydrogen (secondary N) is 1. The zero-order chi connectivity index (χ0) is 12.1. The summed E-state index contributed by atoms with van der Waals surface area (Å²) in [6, 6.07) is 9.91. The predicted octanol–water partition coefficient (Wildman–Crippen LogP) is 2.16. The van der Waals surface area contributed by atoms with E-state index in [-0.39, 0.29) is 5.91 Å². The Bertz CT molecular complexity index is 413. The third-order valence-corrected chi connectivity index (χ3v) is 3.32. The highest BCUT2D eigenvalue weighted by atomic mass is 16.2. The van der Waals surface area contributed by atoms with Crippen LogP contribution in [0, 0.1) is 0 Å². The number of carbonyl (C=O) groups is 1. The molecule has 1 N–H and O–H groups in total. The van der Waals surface area contributed by atoms with Crippen LogP contribution in [0.15, 0.2) is 35.3 Å². The Hall–Kier alpha value is -1.64. The van der Waals surface area contributed by atoms with Crippen molar-refractivity contribution in [2.75, 3.05) is 6.54 Å². The van der Waals surface area contributed by atoms with E-state index in [1.54, 1.807) is 0 Å². The first-order valence-corrected chi connectivity index (χ1v) is 6.15. The van der Waals surface area contributed by atoms with Crippen LogP contribution in [0.1, 0.15) is 31.7 Å². The van der Waals surface area contributed by atoms with Gasteiger partial charge in [0.15, 0.2) is 0 Å².